The fourth-order valence-electron chi connectivity index (χ4n) is 3.63. The first kappa shape index (κ1) is 15.5. The minimum Gasteiger partial charge on any atom is -0.481 e. The van der Waals surface area contributed by atoms with Crippen molar-refractivity contribution < 1.29 is 19.6 Å². The van der Waals surface area contributed by atoms with Gasteiger partial charge in [-0.25, -0.2) is 0 Å². The van der Waals surface area contributed by atoms with Crippen molar-refractivity contribution in [2.75, 3.05) is 11.4 Å². The minimum atomic E-state index is -0.853. The number of nitro groups is 1. The summed E-state index contributed by atoms with van der Waals surface area (Å²) < 4.78 is 0. The Bertz CT molecular complexity index is 700. The summed E-state index contributed by atoms with van der Waals surface area (Å²) in [6.45, 7) is 2.19. The van der Waals surface area contributed by atoms with Gasteiger partial charge in [0.1, 0.15) is 0 Å². The third-order valence-electron chi connectivity index (χ3n) is 4.89. The van der Waals surface area contributed by atoms with Crippen molar-refractivity contribution >= 4 is 23.3 Å². The van der Waals surface area contributed by atoms with E-state index in [0.717, 1.165) is 5.56 Å². The molecule has 2 atom stereocenters. The highest BCUT2D eigenvalue weighted by Crippen LogP contribution is 2.38. The SMILES string of the molecule is Cc1cc2c(cc1[N+](=O)[O-])N(C(=O)[C@@H]1CC[C@H](C(=O)O)C1)CC2. The Morgan fingerprint density at radius 1 is 1.30 bits per heavy atom. The monoisotopic (exact) mass is 318 g/mol. The van der Waals surface area contributed by atoms with Gasteiger partial charge in [0.15, 0.2) is 0 Å². The number of fused-ring (bicyclic) bond motifs is 1. The van der Waals surface area contributed by atoms with Crippen LogP contribution in [0.4, 0.5) is 11.4 Å². The molecular formula is C16H18N2O5. The van der Waals surface area contributed by atoms with E-state index < -0.39 is 16.8 Å². The highest BCUT2D eigenvalue weighted by atomic mass is 16.6. The van der Waals surface area contributed by atoms with Crippen LogP contribution in [0.5, 0.6) is 0 Å². The molecule has 7 nitrogen and oxygen atoms in total. The van der Waals surface area contributed by atoms with Crippen LogP contribution in [0.1, 0.15) is 30.4 Å². The van der Waals surface area contributed by atoms with Crippen molar-refractivity contribution in [1.82, 2.24) is 0 Å². The van der Waals surface area contributed by atoms with Gasteiger partial charge in [-0.05, 0) is 44.2 Å². The van der Waals surface area contributed by atoms with Gasteiger partial charge in [0.25, 0.3) is 5.69 Å². The van der Waals surface area contributed by atoms with Crippen molar-refractivity contribution in [3.63, 3.8) is 0 Å². The zero-order chi connectivity index (χ0) is 16.7. The Kier molecular flexibility index (Phi) is 3.79. The second-order valence-corrected chi connectivity index (χ2v) is 6.31. The van der Waals surface area contributed by atoms with Crippen molar-refractivity contribution in [2.24, 2.45) is 11.8 Å². The molecule has 122 valence electrons. The van der Waals surface area contributed by atoms with E-state index >= 15 is 0 Å². The van der Waals surface area contributed by atoms with Gasteiger partial charge in [0.05, 0.1) is 16.5 Å². The van der Waals surface area contributed by atoms with Gasteiger partial charge in [-0.1, -0.05) is 0 Å². The molecule has 1 N–H and O–H groups in total. The molecule has 0 spiro atoms. The molecule has 1 fully saturated rings. The zero-order valence-electron chi connectivity index (χ0n) is 12.8. The number of aryl methyl sites for hydroxylation is 1. The van der Waals surface area contributed by atoms with Gasteiger partial charge in [0, 0.05) is 24.1 Å². The topological polar surface area (TPSA) is 101 Å². The molecule has 1 aliphatic heterocycles. The standard InChI is InChI=1S/C16H18N2O5/c1-9-6-10-4-5-17(14(10)8-13(9)18(22)23)15(19)11-2-3-12(7-11)16(20)21/h6,8,11-12H,2-5,7H2,1H3,(H,20,21)/t11-,12+/m1/s1. The molecule has 1 aromatic rings. The Morgan fingerprint density at radius 2 is 2.00 bits per heavy atom. The molecule has 1 aliphatic carbocycles. The lowest BCUT2D eigenvalue weighted by molar-refractivity contribution is -0.385. The van der Waals surface area contributed by atoms with Gasteiger partial charge < -0.3 is 10.0 Å². The lowest BCUT2D eigenvalue weighted by Gasteiger charge is -2.21. The number of rotatable bonds is 3. The van der Waals surface area contributed by atoms with Crippen molar-refractivity contribution in [3.05, 3.63) is 33.4 Å². The van der Waals surface area contributed by atoms with Crippen LogP contribution in [-0.2, 0) is 16.0 Å². The van der Waals surface area contributed by atoms with Crippen molar-refractivity contribution in [2.45, 2.75) is 32.6 Å². The fourth-order valence-corrected chi connectivity index (χ4v) is 3.63. The molecule has 0 radical (unpaired) electrons. The number of carboxylic acid groups (broad SMARTS) is 1. The van der Waals surface area contributed by atoms with Crippen molar-refractivity contribution in [3.8, 4) is 0 Å². The Morgan fingerprint density at radius 3 is 2.61 bits per heavy atom. The number of carboxylic acids is 1. The van der Waals surface area contributed by atoms with E-state index in [9.17, 15) is 19.7 Å². The van der Waals surface area contributed by atoms with E-state index in [4.69, 9.17) is 5.11 Å². The van der Waals surface area contributed by atoms with Crippen LogP contribution in [0, 0.1) is 28.9 Å². The number of nitrogens with zero attached hydrogens (tertiary/aromatic N) is 2. The Labute approximate surface area is 133 Å². The summed E-state index contributed by atoms with van der Waals surface area (Å²) in [5.74, 6) is -1.72. The summed E-state index contributed by atoms with van der Waals surface area (Å²) in [4.78, 5) is 36.0. The number of benzene rings is 1. The fraction of sp³-hybridized carbons (Fsp3) is 0.500. The van der Waals surface area contributed by atoms with Crippen LogP contribution >= 0.6 is 0 Å². The van der Waals surface area contributed by atoms with E-state index in [1.165, 1.54) is 6.07 Å². The molecule has 1 aromatic carbocycles. The molecule has 3 rings (SSSR count). The number of nitro benzene ring substituents is 1. The van der Waals surface area contributed by atoms with E-state index in [0.29, 0.717) is 43.5 Å². The average molecular weight is 318 g/mol. The summed E-state index contributed by atoms with van der Waals surface area (Å²) in [6, 6.07) is 3.24. The smallest absolute Gasteiger partial charge is 0.306 e. The van der Waals surface area contributed by atoms with E-state index in [2.05, 4.69) is 0 Å². The second kappa shape index (κ2) is 5.64. The summed E-state index contributed by atoms with van der Waals surface area (Å²) in [7, 11) is 0. The molecule has 1 saturated carbocycles. The lowest BCUT2D eigenvalue weighted by Crippen LogP contribution is -2.34. The van der Waals surface area contributed by atoms with Gasteiger partial charge in [0.2, 0.25) is 5.91 Å². The lowest BCUT2D eigenvalue weighted by atomic mass is 10.0. The minimum absolute atomic E-state index is 0.0123. The first-order valence-electron chi connectivity index (χ1n) is 7.70. The largest absolute Gasteiger partial charge is 0.481 e. The molecule has 23 heavy (non-hydrogen) atoms. The van der Waals surface area contributed by atoms with Crippen LogP contribution in [-0.4, -0.2) is 28.5 Å². The zero-order valence-corrected chi connectivity index (χ0v) is 12.8. The molecule has 7 heteroatoms. The van der Waals surface area contributed by atoms with Crippen LogP contribution < -0.4 is 4.90 Å². The molecule has 0 unspecified atom stereocenters. The van der Waals surface area contributed by atoms with E-state index in [1.807, 2.05) is 0 Å². The van der Waals surface area contributed by atoms with E-state index in [-0.39, 0.29) is 17.5 Å². The quantitative estimate of drug-likeness (QED) is 0.680. The van der Waals surface area contributed by atoms with Crippen LogP contribution in [0.25, 0.3) is 0 Å². The number of anilines is 1. The molecule has 0 aromatic heterocycles. The average Bonchev–Trinajstić information content (AvgIpc) is 3.12. The molecule has 2 aliphatic rings. The number of hydrogen-bond acceptors (Lipinski definition) is 4. The van der Waals surface area contributed by atoms with Crippen LogP contribution in [0.3, 0.4) is 0 Å². The second-order valence-electron chi connectivity index (χ2n) is 6.31. The first-order valence-corrected chi connectivity index (χ1v) is 7.70. The number of carbonyl (C=O) groups is 2. The highest BCUT2D eigenvalue weighted by molar-refractivity contribution is 5.98. The van der Waals surface area contributed by atoms with Gasteiger partial charge in [-0.3, -0.25) is 19.7 Å². The van der Waals surface area contributed by atoms with Gasteiger partial charge in [-0.15, -0.1) is 0 Å². The van der Waals surface area contributed by atoms with Crippen LogP contribution in [0.15, 0.2) is 12.1 Å². The number of aliphatic carboxylic acids is 1. The number of carbonyl (C=O) groups excluding carboxylic acids is 1. The predicted molar refractivity (Wildman–Crippen MR) is 82.4 cm³/mol. The normalized spacial score (nSPS) is 22.9. The van der Waals surface area contributed by atoms with Crippen LogP contribution in [0.2, 0.25) is 0 Å². The van der Waals surface area contributed by atoms with E-state index in [1.54, 1.807) is 17.9 Å². The van der Waals surface area contributed by atoms with Gasteiger partial charge in [-0.2, -0.15) is 0 Å². The Balaban J connectivity index is 1.85. The van der Waals surface area contributed by atoms with Crippen molar-refractivity contribution in [1.29, 1.82) is 0 Å². The predicted octanol–water partition coefficient (Wildman–Crippen LogP) is 2.29. The maximum Gasteiger partial charge on any atom is 0.306 e. The molecule has 0 bridgehead atoms. The molecule has 1 heterocycles. The number of hydrogen-bond donors (Lipinski definition) is 1. The molecule has 0 saturated heterocycles. The third kappa shape index (κ3) is 2.67. The molecular weight excluding hydrogens is 300 g/mol. The van der Waals surface area contributed by atoms with Gasteiger partial charge >= 0.3 is 5.97 Å². The summed E-state index contributed by atoms with van der Waals surface area (Å²) >= 11 is 0. The highest BCUT2D eigenvalue weighted by Gasteiger charge is 2.38. The third-order valence-corrected chi connectivity index (χ3v) is 4.89. The summed E-state index contributed by atoms with van der Waals surface area (Å²) in [6.07, 6.45) is 2.11. The first-order chi connectivity index (χ1) is 10.9. The Hall–Kier alpha value is -2.44. The summed E-state index contributed by atoms with van der Waals surface area (Å²) in [5.41, 5.74) is 2.15. The molecule has 1 amide bonds. The maximum absolute atomic E-state index is 12.7. The maximum atomic E-state index is 12.7. The summed E-state index contributed by atoms with van der Waals surface area (Å²) in [5, 5.41) is 20.2. The number of amides is 1.